The van der Waals surface area contributed by atoms with E-state index < -0.39 is 19.9 Å². The molecule has 1 N–H and O–H groups in total. The van der Waals surface area contributed by atoms with Crippen molar-refractivity contribution in [3.63, 3.8) is 0 Å². The number of nitrogens with zero attached hydrogens (tertiary/aromatic N) is 4. The quantitative estimate of drug-likeness (QED) is 0.520. The standard InChI is InChI=1S/C20H30F3N5OSi/c1-15-18(20(21,22)23)26-19(28(15)14-29-11-12-30(2,3)4)16-5-6-17(25-13-16)27-9-7-24-8-10-27/h5-6,13,24H,7-12,14H2,1-4H3. The Labute approximate surface area is 176 Å². The summed E-state index contributed by atoms with van der Waals surface area (Å²) < 4.78 is 47.6. The molecule has 0 aliphatic carbocycles. The molecule has 1 fully saturated rings. The fraction of sp³-hybridized carbons (Fsp3) is 0.600. The molecule has 6 nitrogen and oxygen atoms in total. The molecular weight excluding hydrogens is 411 g/mol. The average Bonchev–Trinajstić information content (AvgIpc) is 3.02. The van der Waals surface area contributed by atoms with Gasteiger partial charge in [-0.3, -0.25) is 0 Å². The van der Waals surface area contributed by atoms with Crippen LogP contribution in [0, 0.1) is 6.92 Å². The summed E-state index contributed by atoms with van der Waals surface area (Å²) in [5, 5.41) is 3.29. The number of rotatable bonds is 7. The Bertz CT molecular complexity index is 840. The minimum atomic E-state index is -4.52. The first-order chi connectivity index (χ1) is 14.1. The van der Waals surface area contributed by atoms with Gasteiger partial charge in [-0.15, -0.1) is 0 Å². The molecule has 30 heavy (non-hydrogen) atoms. The minimum absolute atomic E-state index is 0.0360. The Morgan fingerprint density at radius 3 is 2.43 bits per heavy atom. The normalized spacial score (nSPS) is 15.6. The maximum absolute atomic E-state index is 13.5. The number of hydrogen-bond donors (Lipinski definition) is 1. The number of halogens is 3. The van der Waals surface area contributed by atoms with Gasteiger partial charge in [-0.1, -0.05) is 19.6 Å². The van der Waals surface area contributed by atoms with E-state index in [9.17, 15) is 13.2 Å². The Morgan fingerprint density at radius 2 is 1.87 bits per heavy atom. The lowest BCUT2D eigenvalue weighted by molar-refractivity contribution is -0.141. The van der Waals surface area contributed by atoms with Crippen molar-refractivity contribution in [2.75, 3.05) is 37.7 Å². The number of alkyl halides is 3. The maximum Gasteiger partial charge on any atom is 0.435 e. The summed E-state index contributed by atoms with van der Waals surface area (Å²) in [5.74, 6) is 1.05. The lowest BCUT2D eigenvalue weighted by Gasteiger charge is -2.28. The van der Waals surface area contributed by atoms with Gasteiger partial charge in [0.1, 0.15) is 18.4 Å². The molecule has 10 heteroatoms. The van der Waals surface area contributed by atoms with Crippen molar-refractivity contribution >= 4 is 13.9 Å². The zero-order valence-corrected chi connectivity index (χ0v) is 19.0. The summed E-state index contributed by atoms with van der Waals surface area (Å²) in [7, 11) is -1.28. The van der Waals surface area contributed by atoms with Crippen LogP contribution in [0.4, 0.5) is 19.0 Å². The Morgan fingerprint density at radius 1 is 1.17 bits per heavy atom. The minimum Gasteiger partial charge on any atom is -0.361 e. The van der Waals surface area contributed by atoms with Gasteiger partial charge < -0.3 is 19.5 Å². The SMILES string of the molecule is Cc1c(C(F)(F)F)nc(-c2ccc(N3CCNCC3)nc2)n1COCC[Si](C)(C)C. The van der Waals surface area contributed by atoms with E-state index in [0.29, 0.717) is 12.2 Å². The number of anilines is 1. The zero-order chi connectivity index (χ0) is 21.9. The van der Waals surface area contributed by atoms with Crippen LogP contribution in [0.2, 0.25) is 25.7 Å². The third kappa shape index (κ3) is 5.61. The van der Waals surface area contributed by atoms with Crippen molar-refractivity contribution in [1.29, 1.82) is 0 Å². The number of ether oxygens (including phenoxy) is 1. The summed E-state index contributed by atoms with van der Waals surface area (Å²) in [6, 6.07) is 4.57. The molecule has 2 aromatic heterocycles. The van der Waals surface area contributed by atoms with Crippen LogP contribution >= 0.6 is 0 Å². The third-order valence-corrected chi connectivity index (χ3v) is 6.86. The summed E-state index contributed by atoms with van der Waals surface area (Å²) in [6.45, 7) is 12.2. The predicted octanol–water partition coefficient (Wildman–Crippen LogP) is 3.99. The van der Waals surface area contributed by atoms with Gasteiger partial charge in [0, 0.05) is 58.3 Å². The highest BCUT2D eigenvalue weighted by atomic mass is 28.3. The number of imidazole rings is 1. The van der Waals surface area contributed by atoms with Gasteiger partial charge in [0.05, 0.1) is 0 Å². The van der Waals surface area contributed by atoms with Crippen LogP contribution in [0.25, 0.3) is 11.4 Å². The highest BCUT2D eigenvalue weighted by Gasteiger charge is 2.37. The van der Waals surface area contributed by atoms with Crippen LogP contribution in [0.15, 0.2) is 18.3 Å². The van der Waals surface area contributed by atoms with Gasteiger partial charge in [-0.05, 0) is 25.1 Å². The molecule has 3 heterocycles. The van der Waals surface area contributed by atoms with Gasteiger partial charge in [-0.2, -0.15) is 13.2 Å². The number of piperazine rings is 1. The summed E-state index contributed by atoms with van der Waals surface area (Å²) in [4.78, 5) is 10.6. The first kappa shape index (κ1) is 22.8. The van der Waals surface area contributed by atoms with Gasteiger partial charge in [0.25, 0.3) is 0 Å². The fourth-order valence-corrected chi connectivity index (χ4v) is 4.07. The smallest absolute Gasteiger partial charge is 0.361 e. The van der Waals surface area contributed by atoms with E-state index in [1.807, 2.05) is 6.07 Å². The molecule has 0 atom stereocenters. The van der Waals surface area contributed by atoms with Crippen molar-refractivity contribution in [3.8, 4) is 11.4 Å². The van der Waals surface area contributed by atoms with E-state index >= 15 is 0 Å². The van der Waals surface area contributed by atoms with Gasteiger partial charge in [-0.25, -0.2) is 9.97 Å². The Hall–Kier alpha value is -1.91. The molecule has 1 aliphatic rings. The number of pyridine rings is 1. The predicted molar refractivity (Wildman–Crippen MR) is 114 cm³/mol. The highest BCUT2D eigenvalue weighted by Crippen LogP contribution is 2.34. The molecular formula is C20H30F3N5OSi. The second-order valence-electron chi connectivity index (χ2n) is 8.79. The molecule has 166 valence electrons. The number of nitrogens with one attached hydrogen (secondary N) is 1. The third-order valence-electron chi connectivity index (χ3n) is 5.15. The first-order valence-electron chi connectivity index (χ1n) is 10.2. The van der Waals surface area contributed by atoms with Crippen LogP contribution in [-0.2, 0) is 17.6 Å². The van der Waals surface area contributed by atoms with Crippen LogP contribution < -0.4 is 10.2 Å². The van der Waals surface area contributed by atoms with E-state index in [1.54, 1.807) is 12.3 Å². The number of aromatic nitrogens is 3. The van der Waals surface area contributed by atoms with Crippen molar-refractivity contribution in [3.05, 3.63) is 29.7 Å². The van der Waals surface area contributed by atoms with E-state index in [-0.39, 0.29) is 18.2 Å². The van der Waals surface area contributed by atoms with Crippen molar-refractivity contribution in [2.24, 2.45) is 0 Å². The molecule has 3 rings (SSSR count). The van der Waals surface area contributed by atoms with Gasteiger partial charge in [0.2, 0.25) is 0 Å². The second kappa shape index (κ2) is 9.07. The van der Waals surface area contributed by atoms with Crippen LogP contribution in [0.3, 0.4) is 0 Å². The van der Waals surface area contributed by atoms with Crippen LogP contribution in [-0.4, -0.2) is 55.4 Å². The molecule has 0 amide bonds. The number of hydrogen-bond acceptors (Lipinski definition) is 5. The van der Waals surface area contributed by atoms with Gasteiger partial charge >= 0.3 is 6.18 Å². The second-order valence-corrected chi connectivity index (χ2v) is 14.4. The van der Waals surface area contributed by atoms with Crippen LogP contribution in [0.5, 0.6) is 0 Å². The first-order valence-corrected chi connectivity index (χ1v) is 13.9. The fourth-order valence-electron chi connectivity index (χ4n) is 3.31. The monoisotopic (exact) mass is 441 g/mol. The molecule has 0 saturated carbocycles. The molecule has 2 aromatic rings. The van der Waals surface area contributed by atoms with Crippen molar-refractivity contribution in [2.45, 2.75) is 45.5 Å². The van der Waals surface area contributed by atoms with Crippen LogP contribution in [0.1, 0.15) is 11.4 Å². The summed E-state index contributed by atoms with van der Waals surface area (Å²) in [6.07, 6.45) is -2.92. The lowest BCUT2D eigenvalue weighted by Crippen LogP contribution is -2.43. The van der Waals surface area contributed by atoms with Gasteiger partial charge in [0.15, 0.2) is 5.69 Å². The molecule has 0 spiro atoms. The molecule has 0 unspecified atom stereocenters. The topological polar surface area (TPSA) is 55.2 Å². The lowest BCUT2D eigenvalue weighted by atomic mass is 10.2. The molecule has 1 saturated heterocycles. The summed E-state index contributed by atoms with van der Waals surface area (Å²) >= 11 is 0. The van der Waals surface area contributed by atoms with E-state index in [1.165, 1.54) is 11.5 Å². The Kier molecular flexibility index (Phi) is 6.88. The Balaban J connectivity index is 1.84. The molecule has 1 aliphatic heterocycles. The largest absolute Gasteiger partial charge is 0.435 e. The average molecular weight is 442 g/mol. The van der Waals surface area contributed by atoms with E-state index in [4.69, 9.17) is 4.74 Å². The van der Waals surface area contributed by atoms with E-state index in [2.05, 4.69) is 39.8 Å². The highest BCUT2D eigenvalue weighted by molar-refractivity contribution is 6.76. The van der Waals surface area contributed by atoms with E-state index in [0.717, 1.165) is 38.0 Å². The maximum atomic E-state index is 13.5. The zero-order valence-electron chi connectivity index (χ0n) is 18.0. The summed E-state index contributed by atoms with van der Waals surface area (Å²) in [5.41, 5.74) is -0.282. The van der Waals surface area contributed by atoms with Crippen molar-refractivity contribution in [1.82, 2.24) is 19.9 Å². The van der Waals surface area contributed by atoms with Crippen molar-refractivity contribution < 1.29 is 17.9 Å². The molecule has 0 aromatic carbocycles. The molecule has 0 radical (unpaired) electrons. The molecule has 0 bridgehead atoms.